The number of anilines is 1. The molecule has 2 rings (SSSR count). The van der Waals surface area contributed by atoms with Crippen LogP contribution in [0.5, 0.6) is 0 Å². The van der Waals surface area contributed by atoms with Gasteiger partial charge in [-0.05, 0) is 43.9 Å². The first-order valence-electron chi connectivity index (χ1n) is 5.77. The molecule has 1 atom stereocenters. The van der Waals surface area contributed by atoms with Crippen LogP contribution in [0.3, 0.4) is 0 Å². The Hall–Kier alpha value is -1.24. The second kappa shape index (κ2) is 4.56. The van der Waals surface area contributed by atoms with Crippen LogP contribution in [-0.4, -0.2) is 12.1 Å². The molecular formula is C13H16ClN3. The topological polar surface area (TPSA) is 61.8 Å². The van der Waals surface area contributed by atoms with Crippen molar-refractivity contribution >= 4 is 17.3 Å². The Balaban J connectivity index is 2.18. The number of hydrogen-bond donors (Lipinski definition) is 2. The molecule has 1 fully saturated rings. The zero-order chi connectivity index (χ0) is 12.5. The number of nitrogens with two attached hydrogens (primary N) is 1. The molecule has 0 radical (unpaired) electrons. The summed E-state index contributed by atoms with van der Waals surface area (Å²) in [5, 5.41) is 12.7. The lowest BCUT2D eigenvalue weighted by Gasteiger charge is -2.31. The smallest absolute Gasteiger partial charge is 0.101 e. The molecule has 1 aromatic carbocycles. The van der Waals surface area contributed by atoms with Crippen molar-refractivity contribution in [1.82, 2.24) is 0 Å². The first-order chi connectivity index (χ1) is 8.09. The molecule has 3 N–H and O–H groups in total. The molecule has 1 aliphatic carbocycles. The van der Waals surface area contributed by atoms with E-state index in [1.165, 1.54) is 12.8 Å². The van der Waals surface area contributed by atoms with Gasteiger partial charge in [-0.2, -0.15) is 5.26 Å². The molecular weight excluding hydrogens is 234 g/mol. The maximum Gasteiger partial charge on any atom is 0.101 e. The van der Waals surface area contributed by atoms with Gasteiger partial charge in [0.15, 0.2) is 0 Å². The van der Waals surface area contributed by atoms with Gasteiger partial charge in [0.1, 0.15) is 6.07 Å². The monoisotopic (exact) mass is 249 g/mol. The van der Waals surface area contributed by atoms with Crippen molar-refractivity contribution in [3.8, 4) is 6.07 Å². The van der Waals surface area contributed by atoms with Gasteiger partial charge in [0.05, 0.1) is 10.6 Å². The van der Waals surface area contributed by atoms with Crippen molar-refractivity contribution in [3.05, 3.63) is 28.8 Å². The lowest BCUT2D eigenvalue weighted by atomic mass is 9.95. The van der Waals surface area contributed by atoms with Crippen molar-refractivity contribution in [2.75, 3.05) is 11.9 Å². The number of hydrogen-bond acceptors (Lipinski definition) is 3. The van der Waals surface area contributed by atoms with E-state index in [0.717, 1.165) is 5.69 Å². The van der Waals surface area contributed by atoms with E-state index in [-0.39, 0.29) is 5.54 Å². The summed E-state index contributed by atoms with van der Waals surface area (Å²) >= 11 is 6.00. The second-order valence-electron chi connectivity index (χ2n) is 4.83. The maximum absolute atomic E-state index is 8.81. The first kappa shape index (κ1) is 12.2. The van der Waals surface area contributed by atoms with Crippen molar-refractivity contribution in [2.45, 2.75) is 25.3 Å². The number of nitrogens with one attached hydrogen (secondary N) is 1. The van der Waals surface area contributed by atoms with Crippen LogP contribution in [0.15, 0.2) is 18.2 Å². The zero-order valence-corrected chi connectivity index (χ0v) is 10.6. The van der Waals surface area contributed by atoms with Gasteiger partial charge in [-0.1, -0.05) is 11.6 Å². The van der Waals surface area contributed by atoms with E-state index in [0.29, 0.717) is 23.0 Å². The van der Waals surface area contributed by atoms with Gasteiger partial charge in [0.2, 0.25) is 0 Å². The summed E-state index contributed by atoms with van der Waals surface area (Å²) in [6.45, 7) is 2.73. The van der Waals surface area contributed by atoms with E-state index >= 15 is 0 Å². The van der Waals surface area contributed by atoms with Crippen molar-refractivity contribution in [2.24, 2.45) is 11.7 Å². The van der Waals surface area contributed by atoms with Crippen LogP contribution in [0.2, 0.25) is 5.02 Å². The predicted octanol–water partition coefficient (Wildman–Crippen LogP) is 2.75. The number of nitriles is 1. The molecule has 1 saturated carbocycles. The highest BCUT2D eigenvalue weighted by Crippen LogP contribution is 2.41. The maximum atomic E-state index is 8.81. The zero-order valence-electron chi connectivity index (χ0n) is 9.83. The fourth-order valence-corrected chi connectivity index (χ4v) is 2.28. The molecule has 0 bridgehead atoms. The third-order valence-electron chi connectivity index (χ3n) is 3.42. The largest absolute Gasteiger partial charge is 0.378 e. The Morgan fingerprint density at radius 1 is 1.59 bits per heavy atom. The molecule has 0 heterocycles. The van der Waals surface area contributed by atoms with Gasteiger partial charge in [-0.3, -0.25) is 0 Å². The summed E-state index contributed by atoms with van der Waals surface area (Å²) in [7, 11) is 0. The van der Waals surface area contributed by atoms with Crippen molar-refractivity contribution in [3.63, 3.8) is 0 Å². The van der Waals surface area contributed by atoms with E-state index in [1.54, 1.807) is 12.1 Å². The Bertz CT molecular complexity index is 462. The van der Waals surface area contributed by atoms with Crippen LogP contribution in [0.1, 0.15) is 25.3 Å². The van der Waals surface area contributed by atoms with Gasteiger partial charge in [0, 0.05) is 17.8 Å². The quantitative estimate of drug-likeness (QED) is 0.863. The van der Waals surface area contributed by atoms with Crippen LogP contribution in [-0.2, 0) is 0 Å². The van der Waals surface area contributed by atoms with E-state index in [1.807, 2.05) is 12.1 Å². The molecule has 0 aliphatic heterocycles. The Kier molecular flexibility index (Phi) is 3.28. The minimum atomic E-state index is -0.0719. The molecule has 1 aliphatic rings. The molecule has 17 heavy (non-hydrogen) atoms. The molecule has 0 aromatic heterocycles. The van der Waals surface area contributed by atoms with E-state index in [4.69, 9.17) is 22.6 Å². The first-order valence-corrected chi connectivity index (χ1v) is 6.15. The van der Waals surface area contributed by atoms with Crippen molar-refractivity contribution < 1.29 is 0 Å². The molecule has 4 heteroatoms. The summed E-state index contributed by atoms with van der Waals surface area (Å²) in [5.41, 5.74) is 7.19. The summed E-state index contributed by atoms with van der Waals surface area (Å²) in [5.74, 6) is 0.641. The van der Waals surface area contributed by atoms with Gasteiger partial charge in [0.25, 0.3) is 0 Å². The van der Waals surface area contributed by atoms with E-state index in [2.05, 4.69) is 12.2 Å². The van der Waals surface area contributed by atoms with Gasteiger partial charge in [-0.15, -0.1) is 0 Å². The number of rotatable bonds is 4. The van der Waals surface area contributed by atoms with Crippen LogP contribution in [0.25, 0.3) is 0 Å². The highest BCUT2D eigenvalue weighted by atomic mass is 35.5. The molecule has 0 spiro atoms. The molecule has 1 aromatic rings. The Morgan fingerprint density at radius 2 is 2.29 bits per heavy atom. The minimum Gasteiger partial charge on any atom is -0.378 e. The number of nitrogens with zero attached hydrogens (tertiary/aromatic N) is 1. The Morgan fingerprint density at radius 3 is 2.76 bits per heavy atom. The lowest BCUT2D eigenvalue weighted by Crippen LogP contribution is -2.44. The van der Waals surface area contributed by atoms with Gasteiger partial charge >= 0.3 is 0 Å². The average molecular weight is 250 g/mol. The van der Waals surface area contributed by atoms with Crippen molar-refractivity contribution in [1.29, 1.82) is 5.26 Å². The number of benzene rings is 1. The highest BCUT2D eigenvalue weighted by Gasteiger charge is 2.40. The fraction of sp³-hybridized carbons (Fsp3) is 0.462. The summed E-state index contributed by atoms with van der Waals surface area (Å²) in [4.78, 5) is 0. The number of halogens is 1. The molecule has 3 nitrogen and oxygen atoms in total. The molecule has 1 unspecified atom stereocenters. The third-order valence-corrected chi connectivity index (χ3v) is 3.73. The van der Waals surface area contributed by atoms with E-state index in [9.17, 15) is 0 Å². The standard InChI is InChI=1S/C13H16ClN3/c1-13(8-16,10-3-4-10)17-11-5-2-9(7-15)12(14)6-11/h2,5-6,10,17H,3-4,8,16H2,1H3. The summed E-state index contributed by atoms with van der Waals surface area (Å²) < 4.78 is 0. The summed E-state index contributed by atoms with van der Waals surface area (Å²) in [6, 6.07) is 7.44. The lowest BCUT2D eigenvalue weighted by molar-refractivity contribution is 0.459. The van der Waals surface area contributed by atoms with Crippen LogP contribution in [0, 0.1) is 17.2 Å². The highest BCUT2D eigenvalue weighted by molar-refractivity contribution is 6.32. The average Bonchev–Trinajstić information content (AvgIpc) is 3.13. The molecule has 0 amide bonds. The third kappa shape index (κ3) is 2.54. The van der Waals surface area contributed by atoms with E-state index < -0.39 is 0 Å². The van der Waals surface area contributed by atoms with Gasteiger partial charge < -0.3 is 11.1 Å². The predicted molar refractivity (Wildman–Crippen MR) is 70.0 cm³/mol. The fourth-order valence-electron chi connectivity index (χ4n) is 2.05. The van der Waals surface area contributed by atoms with Crippen LogP contribution < -0.4 is 11.1 Å². The minimum absolute atomic E-state index is 0.0719. The van der Waals surface area contributed by atoms with Crippen LogP contribution in [0.4, 0.5) is 5.69 Å². The Labute approximate surface area is 107 Å². The van der Waals surface area contributed by atoms with Crippen LogP contribution >= 0.6 is 11.6 Å². The molecule has 90 valence electrons. The SMILES string of the molecule is CC(CN)(Nc1ccc(C#N)c(Cl)c1)C1CC1. The van der Waals surface area contributed by atoms with Gasteiger partial charge in [-0.25, -0.2) is 0 Å². The normalized spacial score (nSPS) is 18.2. The summed E-state index contributed by atoms with van der Waals surface area (Å²) in [6.07, 6.45) is 2.45. The molecule has 0 saturated heterocycles. The second-order valence-corrected chi connectivity index (χ2v) is 5.23.